The van der Waals surface area contributed by atoms with Crippen molar-refractivity contribution in [3.63, 3.8) is 0 Å². The first-order valence-corrected chi connectivity index (χ1v) is 15.7. The van der Waals surface area contributed by atoms with Crippen LogP contribution in [0.1, 0.15) is 11.1 Å². The molecule has 0 bridgehead atoms. The van der Waals surface area contributed by atoms with E-state index in [0.717, 1.165) is 33.2 Å². The second kappa shape index (κ2) is 9.73. The Balaban J connectivity index is 1.31. The molecule has 0 aliphatic carbocycles. The fraction of sp³-hybridized carbons (Fsp3) is 0. The topological polar surface area (TPSA) is 71.0 Å². The second-order valence-corrected chi connectivity index (χ2v) is 12.0. The second-order valence-electron chi connectivity index (χ2n) is 12.0. The summed E-state index contributed by atoms with van der Waals surface area (Å²) in [4.78, 5) is 8.64. The van der Waals surface area contributed by atoms with Gasteiger partial charge in [0.25, 0.3) is 0 Å². The van der Waals surface area contributed by atoms with E-state index in [2.05, 4.69) is 115 Å². The lowest BCUT2D eigenvalue weighted by atomic mass is 10.00. The zero-order chi connectivity index (χ0) is 31.1. The predicted molar refractivity (Wildman–Crippen MR) is 194 cm³/mol. The highest BCUT2D eigenvalue weighted by Gasteiger charge is 2.22. The zero-order valence-electron chi connectivity index (χ0n) is 25.1. The number of allylic oxidation sites excluding steroid dienone is 1. The molecule has 6 heteroatoms. The van der Waals surface area contributed by atoms with Gasteiger partial charge in [0.1, 0.15) is 0 Å². The summed E-state index contributed by atoms with van der Waals surface area (Å²) < 4.78 is 4.64. The van der Waals surface area contributed by atoms with Crippen LogP contribution in [-0.2, 0) is 0 Å². The highest BCUT2D eigenvalue weighted by Crippen LogP contribution is 2.44. The van der Waals surface area contributed by atoms with Gasteiger partial charge in [-0.1, -0.05) is 72.8 Å². The van der Waals surface area contributed by atoms with Crippen LogP contribution in [0.3, 0.4) is 0 Å². The third-order valence-corrected chi connectivity index (χ3v) is 9.47. The maximum absolute atomic E-state index is 8.94. The first-order valence-electron chi connectivity index (χ1n) is 15.7. The van der Waals surface area contributed by atoms with Crippen LogP contribution < -0.4 is 5.43 Å². The molecule has 0 aliphatic heterocycles. The van der Waals surface area contributed by atoms with Crippen molar-refractivity contribution >= 4 is 82.1 Å². The number of rotatable bonds is 5. The molecule has 0 fully saturated rings. The lowest BCUT2D eigenvalue weighted by Crippen LogP contribution is -2.15. The van der Waals surface area contributed by atoms with Gasteiger partial charge in [0, 0.05) is 73.6 Å². The first kappa shape index (κ1) is 25.8. The smallest absolute Gasteiger partial charge is 0.0717 e. The Bertz CT molecular complexity index is 2880. The van der Waals surface area contributed by atoms with Crippen molar-refractivity contribution in [1.82, 2.24) is 19.0 Å². The van der Waals surface area contributed by atoms with E-state index in [-0.39, 0.29) is 0 Å². The van der Waals surface area contributed by atoms with Crippen molar-refractivity contribution in [2.45, 2.75) is 0 Å². The first-order chi connectivity index (χ1) is 23.3. The van der Waals surface area contributed by atoms with E-state index in [9.17, 15) is 0 Å². The summed E-state index contributed by atoms with van der Waals surface area (Å²) in [6, 6.07) is 40.6. The van der Waals surface area contributed by atoms with E-state index in [0.29, 0.717) is 5.71 Å². The van der Waals surface area contributed by atoms with E-state index in [1.54, 1.807) is 18.6 Å². The number of hydrogen-bond donors (Lipinski definition) is 2. The third-order valence-electron chi connectivity index (χ3n) is 9.47. The van der Waals surface area contributed by atoms with E-state index in [4.69, 9.17) is 5.41 Å². The van der Waals surface area contributed by atoms with Crippen LogP contribution in [0, 0.1) is 5.41 Å². The molecule has 2 N–H and O–H groups in total. The van der Waals surface area contributed by atoms with Crippen LogP contribution in [0.4, 0.5) is 0 Å². The number of pyridine rings is 2. The maximum atomic E-state index is 8.94. The lowest BCUT2D eigenvalue weighted by Gasteiger charge is -2.16. The van der Waals surface area contributed by atoms with Gasteiger partial charge >= 0.3 is 0 Å². The molecular formula is C41H26N6. The molecule has 5 aromatic carbocycles. The molecule has 6 nitrogen and oxygen atoms in total. The van der Waals surface area contributed by atoms with Crippen molar-refractivity contribution < 1.29 is 0 Å². The SMILES string of the molecule is N=C(/C=C(\Nn1c2ccccc2c2c3c(ccc4c5cccc6c7ccccc7n(c65)c43)ccc21)c1cccnc1)c1cccnc1. The minimum absolute atomic E-state index is 0.356. The van der Waals surface area contributed by atoms with Gasteiger partial charge in [-0.15, -0.1) is 0 Å². The molecule has 0 spiro atoms. The largest absolute Gasteiger partial charge is 0.307 e. The number of aromatic nitrogens is 4. The average molecular weight is 603 g/mol. The lowest BCUT2D eigenvalue weighted by molar-refractivity contribution is 1.06. The molecule has 5 aromatic heterocycles. The average Bonchev–Trinajstić information content (AvgIpc) is 3.77. The number of nitrogens with zero attached hydrogens (tertiary/aromatic N) is 4. The normalized spacial score (nSPS) is 12.5. The van der Waals surface area contributed by atoms with Crippen LogP contribution in [0.2, 0.25) is 0 Å². The highest BCUT2D eigenvalue weighted by molar-refractivity contribution is 6.33. The minimum atomic E-state index is 0.356. The van der Waals surface area contributed by atoms with Crippen LogP contribution in [0.5, 0.6) is 0 Å². The standard InChI is InChI=1S/C41H26N6/c42-33(26-8-6-20-43-23-26)22-34(27-9-7-21-44-24-27)45-47-36-15-4-2-11-32(36)39-37(47)19-17-25-16-18-31-30-13-5-12-29-28-10-1-3-14-35(28)46(40(29)30)41(31)38(25)39/h1-24,42,45H/b34-22-,42-33?. The van der Waals surface area contributed by atoms with Crippen LogP contribution >= 0.6 is 0 Å². The van der Waals surface area contributed by atoms with Gasteiger partial charge in [-0.2, -0.15) is 0 Å². The van der Waals surface area contributed by atoms with Crippen molar-refractivity contribution in [3.05, 3.63) is 157 Å². The molecule has 47 heavy (non-hydrogen) atoms. The third kappa shape index (κ3) is 3.64. The minimum Gasteiger partial charge on any atom is -0.307 e. The van der Waals surface area contributed by atoms with Crippen molar-refractivity contribution in [2.24, 2.45) is 0 Å². The summed E-state index contributed by atoms with van der Waals surface area (Å²) in [6.07, 6.45) is 8.88. The quantitative estimate of drug-likeness (QED) is 0.193. The molecule has 0 aliphatic rings. The monoisotopic (exact) mass is 602 g/mol. The Morgan fingerprint density at radius 1 is 0.553 bits per heavy atom. The van der Waals surface area contributed by atoms with Gasteiger partial charge in [0.05, 0.1) is 39.0 Å². The van der Waals surface area contributed by atoms with Crippen molar-refractivity contribution in [1.29, 1.82) is 5.41 Å². The van der Waals surface area contributed by atoms with E-state index >= 15 is 0 Å². The summed E-state index contributed by atoms with van der Waals surface area (Å²) in [6.45, 7) is 0. The van der Waals surface area contributed by atoms with Gasteiger partial charge in [0.15, 0.2) is 0 Å². The number of benzene rings is 5. The van der Waals surface area contributed by atoms with Gasteiger partial charge in [-0.05, 0) is 53.9 Å². The van der Waals surface area contributed by atoms with Gasteiger partial charge < -0.3 is 9.81 Å². The number of nitrogens with one attached hydrogen (secondary N) is 2. The summed E-state index contributed by atoms with van der Waals surface area (Å²) in [5, 5.41) is 18.8. The zero-order valence-corrected chi connectivity index (χ0v) is 25.1. The van der Waals surface area contributed by atoms with Crippen LogP contribution in [-0.4, -0.2) is 24.8 Å². The van der Waals surface area contributed by atoms with Crippen LogP contribution in [0.25, 0.3) is 76.4 Å². The highest BCUT2D eigenvalue weighted by atomic mass is 15.4. The summed E-state index contributed by atoms with van der Waals surface area (Å²) in [7, 11) is 0. The van der Waals surface area contributed by atoms with Crippen molar-refractivity contribution in [3.8, 4) is 0 Å². The molecule has 10 aromatic rings. The summed E-state index contributed by atoms with van der Waals surface area (Å²) in [5.41, 5.74) is 12.3. The molecule has 10 rings (SSSR count). The molecule has 5 heterocycles. The molecule has 0 saturated carbocycles. The molecule has 0 saturated heterocycles. The molecular weight excluding hydrogens is 576 g/mol. The van der Waals surface area contributed by atoms with Gasteiger partial charge in [0.2, 0.25) is 0 Å². The van der Waals surface area contributed by atoms with E-state index in [1.165, 1.54) is 54.3 Å². The van der Waals surface area contributed by atoms with E-state index in [1.807, 2.05) is 36.5 Å². The molecule has 0 atom stereocenters. The van der Waals surface area contributed by atoms with Crippen molar-refractivity contribution in [2.75, 3.05) is 5.43 Å². The number of fused-ring (bicyclic) bond motifs is 12. The van der Waals surface area contributed by atoms with Crippen LogP contribution in [0.15, 0.2) is 146 Å². The predicted octanol–water partition coefficient (Wildman–Crippen LogP) is 9.54. The Labute approximate surface area is 268 Å². The Kier molecular flexibility index (Phi) is 5.33. The number of para-hydroxylation sites is 3. The summed E-state index contributed by atoms with van der Waals surface area (Å²) >= 11 is 0. The Morgan fingerprint density at radius 3 is 2.00 bits per heavy atom. The molecule has 0 amide bonds. The van der Waals surface area contributed by atoms with E-state index < -0.39 is 0 Å². The Morgan fingerprint density at radius 2 is 1.21 bits per heavy atom. The fourth-order valence-corrected chi connectivity index (χ4v) is 7.47. The van der Waals surface area contributed by atoms with Gasteiger partial charge in [-0.3, -0.25) is 20.1 Å². The molecule has 220 valence electrons. The maximum Gasteiger partial charge on any atom is 0.0717 e. The van der Waals surface area contributed by atoms with Gasteiger partial charge in [-0.25, -0.2) is 0 Å². The Hall–Kier alpha value is -6.53. The molecule has 0 radical (unpaired) electrons. The summed E-state index contributed by atoms with van der Waals surface area (Å²) in [5.74, 6) is 0. The number of hydrogen-bond acceptors (Lipinski definition) is 4. The molecule has 0 unspecified atom stereocenters. The fourth-order valence-electron chi connectivity index (χ4n) is 7.47.